The van der Waals surface area contributed by atoms with Crippen LogP contribution in [0, 0.1) is 6.92 Å². The van der Waals surface area contributed by atoms with Crippen LogP contribution in [0.5, 0.6) is 0 Å². The summed E-state index contributed by atoms with van der Waals surface area (Å²) >= 11 is 6.14. The minimum absolute atomic E-state index is 0.209. The van der Waals surface area contributed by atoms with Gasteiger partial charge in [0.1, 0.15) is 0 Å². The Morgan fingerprint density at radius 2 is 1.75 bits per heavy atom. The first kappa shape index (κ1) is 18.3. The van der Waals surface area contributed by atoms with Crippen LogP contribution in [0.3, 0.4) is 0 Å². The molecule has 1 amide bonds. The second-order valence-corrected chi connectivity index (χ2v) is 7.20. The van der Waals surface area contributed by atoms with E-state index in [9.17, 15) is 4.79 Å². The molecule has 3 aromatic carbocycles. The summed E-state index contributed by atoms with van der Waals surface area (Å²) in [5, 5.41) is 4.50. The number of halogens is 1. The third-order valence-electron chi connectivity index (χ3n) is 5.01. The highest BCUT2D eigenvalue weighted by molar-refractivity contribution is 6.34. The molecule has 28 heavy (non-hydrogen) atoms. The van der Waals surface area contributed by atoms with E-state index in [4.69, 9.17) is 11.6 Å². The fraction of sp³-hybridized carbons (Fsp3) is 0.125. The summed E-state index contributed by atoms with van der Waals surface area (Å²) in [5.74, 6) is -0.209. The van der Waals surface area contributed by atoms with E-state index in [1.165, 1.54) is 16.8 Å². The maximum absolute atomic E-state index is 12.6. The van der Waals surface area contributed by atoms with Crippen molar-refractivity contribution in [3.05, 3.63) is 88.9 Å². The zero-order valence-corrected chi connectivity index (χ0v) is 16.6. The van der Waals surface area contributed by atoms with Crippen LogP contribution in [0.15, 0.2) is 72.8 Å². The minimum Gasteiger partial charge on any atom is -0.341 e. The lowest BCUT2D eigenvalue weighted by molar-refractivity contribution is 0.102. The fourth-order valence-electron chi connectivity index (χ4n) is 3.62. The van der Waals surface area contributed by atoms with Crippen molar-refractivity contribution < 1.29 is 4.79 Å². The molecule has 4 heteroatoms. The number of anilines is 1. The molecule has 0 unspecified atom stereocenters. The number of aryl methyl sites for hydroxylation is 2. The number of benzene rings is 3. The van der Waals surface area contributed by atoms with E-state index in [-0.39, 0.29) is 5.91 Å². The summed E-state index contributed by atoms with van der Waals surface area (Å²) in [6.45, 7) is 5.15. The van der Waals surface area contributed by atoms with Crippen molar-refractivity contribution >= 4 is 34.1 Å². The molecule has 0 aliphatic heterocycles. The molecule has 4 aromatic rings. The molecule has 0 spiro atoms. The van der Waals surface area contributed by atoms with Crippen molar-refractivity contribution in [1.82, 2.24) is 4.57 Å². The molecule has 1 heterocycles. The van der Waals surface area contributed by atoms with Crippen LogP contribution in [-0.2, 0) is 6.54 Å². The third-order valence-corrected chi connectivity index (χ3v) is 5.34. The first-order valence-electron chi connectivity index (χ1n) is 9.33. The Morgan fingerprint density at radius 3 is 2.50 bits per heavy atom. The normalized spacial score (nSPS) is 11.0. The van der Waals surface area contributed by atoms with Crippen LogP contribution in [0.4, 0.5) is 5.69 Å². The van der Waals surface area contributed by atoms with Crippen LogP contribution in [0.2, 0.25) is 5.02 Å². The second-order valence-electron chi connectivity index (χ2n) is 6.80. The Morgan fingerprint density at radius 1 is 1.00 bits per heavy atom. The topological polar surface area (TPSA) is 34.0 Å². The molecular formula is C24H21ClN2O. The molecule has 140 valence electrons. The molecule has 0 bridgehead atoms. The van der Waals surface area contributed by atoms with E-state index in [0.29, 0.717) is 10.6 Å². The molecule has 0 aliphatic rings. The van der Waals surface area contributed by atoms with Crippen molar-refractivity contribution in [2.45, 2.75) is 20.4 Å². The number of rotatable bonds is 4. The van der Waals surface area contributed by atoms with Gasteiger partial charge in [-0.15, -0.1) is 0 Å². The highest BCUT2D eigenvalue weighted by Crippen LogP contribution is 2.32. The molecule has 0 aliphatic carbocycles. The molecule has 0 saturated heterocycles. The van der Waals surface area contributed by atoms with Crippen LogP contribution >= 0.6 is 11.6 Å². The molecule has 0 radical (unpaired) electrons. The molecule has 3 nitrogen and oxygen atoms in total. The summed E-state index contributed by atoms with van der Waals surface area (Å²) in [6.07, 6.45) is 0. The van der Waals surface area contributed by atoms with Gasteiger partial charge in [0.05, 0.1) is 10.6 Å². The molecule has 0 atom stereocenters. The summed E-state index contributed by atoms with van der Waals surface area (Å²) in [4.78, 5) is 12.6. The Balaban J connectivity index is 1.73. The summed E-state index contributed by atoms with van der Waals surface area (Å²) < 4.78 is 2.30. The van der Waals surface area contributed by atoms with Crippen molar-refractivity contribution in [1.29, 1.82) is 0 Å². The number of hydrogen-bond donors (Lipinski definition) is 1. The summed E-state index contributed by atoms with van der Waals surface area (Å²) in [5.41, 5.74) is 6.02. The Bertz CT molecular complexity index is 1180. The molecule has 1 N–H and O–H groups in total. The fourth-order valence-corrected chi connectivity index (χ4v) is 3.84. The number of hydrogen-bond acceptors (Lipinski definition) is 1. The summed E-state index contributed by atoms with van der Waals surface area (Å²) in [6, 6.07) is 23.6. The van der Waals surface area contributed by atoms with Crippen LogP contribution in [0.25, 0.3) is 22.2 Å². The van der Waals surface area contributed by atoms with E-state index in [1.54, 1.807) is 18.2 Å². The van der Waals surface area contributed by atoms with Gasteiger partial charge >= 0.3 is 0 Å². The van der Waals surface area contributed by atoms with Crippen molar-refractivity contribution in [3.8, 4) is 11.3 Å². The monoisotopic (exact) mass is 388 g/mol. The smallest absolute Gasteiger partial charge is 0.257 e. The molecule has 1 aromatic heterocycles. The SMILES string of the molecule is CCn1c(-c2ccccc2C)cc2cc(NC(=O)c3ccccc3Cl)ccc21. The largest absolute Gasteiger partial charge is 0.341 e. The molecule has 0 saturated carbocycles. The maximum Gasteiger partial charge on any atom is 0.257 e. The van der Waals surface area contributed by atoms with Crippen LogP contribution in [-0.4, -0.2) is 10.5 Å². The maximum atomic E-state index is 12.6. The minimum atomic E-state index is -0.209. The van der Waals surface area contributed by atoms with Gasteiger partial charge in [-0.2, -0.15) is 0 Å². The molecular weight excluding hydrogens is 368 g/mol. The predicted molar refractivity (Wildman–Crippen MR) is 117 cm³/mol. The lowest BCUT2D eigenvalue weighted by atomic mass is 10.1. The van der Waals surface area contributed by atoms with Crippen LogP contribution in [0.1, 0.15) is 22.8 Å². The van der Waals surface area contributed by atoms with Gasteiger partial charge in [0, 0.05) is 34.4 Å². The van der Waals surface area contributed by atoms with Gasteiger partial charge in [0.15, 0.2) is 0 Å². The van der Waals surface area contributed by atoms with Gasteiger partial charge in [-0.05, 0) is 55.8 Å². The molecule has 4 rings (SSSR count). The van der Waals surface area contributed by atoms with Crippen molar-refractivity contribution in [2.24, 2.45) is 0 Å². The first-order chi connectivity index (χ1) is 13.6. The average Bonchev–Trinajstić information content (AvgIpc) is 3.06. The summed E-state index contributed by atoms with van der Waals surface area (Å²) in [7, 11) is 0. The van der Waals surface area contributed by atoms with E-state index < -0.39 is 0 Å². The van der Waals surface area contributed by atoms with Gasteiger partial charge in [-0.3, -0.25) is 4.79 Å². The zero-order valence-electron chi connectivity index (χ0n) is 15.9. The van der Waals surface area contributed by atoms with Crippen molar-refractivity contribution in [2.75, 3.05) is 5.32 Å². The molecule has 0 fully saturated rings. The van der Waals surface area contributed by atoms with E-state index in [1.807, 2.05) is 18.2 Å². The predicted octanol–water partition coefficient (Wildman–Crippen LogP) is 6.54. The van der Waals surface area contributed by atoms with Gasteiger partial charge in [0.2, 0.25) is 0 Å². The van der Waals surface area contributed by atoms with Crippen LogP contribution < -0.4 is 5.32 Å². The number of carbonyl (C=O) groups is 1. The quantitative estimate of drug-likeness (QED) is 0.423. The number of amides is 1. The number of nitrogens with one attached hydrogen (secondary N) is 1. The van der Waals surface area contributed by atoms with Gasteiger partial charge in [0.25, 0.3) is 5.91 Å². The van der Waals surface area contributed by atoms with Gasteiger partial charge < -0.3 is 9.88 Å². The first-order valence-corrected chi connectivity index (χ1v) is 9.71. The Kier molecular flexibility index (Phi) is 4.93. The lowest BCUT2D eigenvalue weighted by Gasteiger charge is -2.11. The number of carbonyl (C=O) groups excluding carboxylic acids is 1. The Labute approximate surface area is 169 Å². The highest BCUT2D eigenvalue weighted by Gasteiger charge is 2.14. The lowest BCUT2D eigenvalue weighted by Crippen LogP contribution is -2.12. The van der Waals surface area contributed by atoms with E-state index in [2.05, 4.69) is 60.1 Å². The number of aromatic nitrogens is 1. The number of nitrogens with zero attached hydrogens (tertiary/aromatic N) is 1. The number of fused-ring (bicyclic) bond motifs is 1. The van der Waals surface area contributed by atoms with E-state index >= 15 is 0 Å². The third kappa shape index (κ3) is 3.30. The standard InChI is InChI=1S/C24H21ClN2O/c1-3-27-22-13-12-18(26-24(28)20-10-6-7-11-21(20)25)14-17(22)15-23(27)19-9-5-4-8-16(19)2/h4-15H,3H2,1-2H3,(H,26,28). The second kappa shape index (κ2) is 7.53. The highest BCUT2D eigenvalue weighted by atomic mass is 35.5. The Hall–Kier alpha value is -3.04. The average molecular weight is 389 g/mol. The van der Waals surface area contributed by atoms with E-state index in [0.717, 1.165) is 23.1 Å². The van der Waals surface area contributed by atoms with Gasteiger partial charge in [-0.1, -0.05) is 48.0 Å². The zero-order chi connectivity index (χ0) is 19.7. The van der Waals surface area contributed by atoms with Crippen molar-refractivity contribution in [3.63, 3.8) is 0 Å². The van der Waals surface area contributed by atoms with Gasteiger partial charge in [-0.25, -0.2) is 0 Å².